The van der Waals surface area contributed by atoms with E-state index in [0.717, 1.165) is 12.1 Å². The van der Waals surface area contributed by atoms with Crippen LogP contribution < -0.4 is 9.84 Å². The van der Waals surface area contributed by atoms with Gasteiger partial charge in [-0.2, -0.15) is 0 Å². The molecule has 0 aromatic heterocycles. The number of carbonyl (C=O) groups is 1. The first-order valence-electron chi connectivity index (χ1n) is 6.99. The van der Waals surface area contributed by atoms with E-state index in [9.17, 15) is 23.1 Å². The van der Waals surface area contributed by atoms with E-state index < -0.39 is 34.8 Å². The number of allylic oxidation sites excluding steroid dienone is 1. The van der Waals surface area contributed by atoms with Crippen LogP contribution in [0.4, 0.5) is 13.2 Å². The smallest absolute Gasteiger partial charge is 0.549 e. The maximum Gasteiger partial charge on any atom is 0.573 e. The summed E-state index contributed by atoms with van der Waals surface area (Å²) in [6.07, 6.45) is -3.42. The summed E-state index contributed by atoms with van der Waals surface area (Å²) in [7, 11) is 0. The Labute approximate surface area is 147 Å². The van der Waals surface area contributed by atoms with Crippen LogP contribution in [-0.2, 0) is 11.2 Å². The van der Waals surface area contributed by atoms with Crippen LogP contribution in [0.1, 0.15) is 19.4 Å². The fourth-order valence-corrected chi connectivity index (χ4v) is 3.60. The lowest BCUT2D eigenvalue weighted by Crippen LogP contribution is -2.38. The van der Waals surface area contributed by atoms with E-state index in [-0.39, 0.29) is 10.9 Å². The van der Waals surface area contributed by atoms with Crippen LogP contribution in [0.5, 0.6) is 5.75 Å². The van der Waals surface area contributed by atoms with Gasteiger partial charge in [-0.3, -0.25) is 0 Å². The van der Waals surface area contributed by atoms with E-state index in [1.807, 2.05) is 0 Å². The monoisotopic (exact) mass is 381 g/mol. The van der Waals surface area contributed by atoms with E-state index in [1.165, 1.54) is 18.2 Å². The molecule has 1 aromatic carbocycles. The van der Waals surface area contributed by atoms with E-state index >= 15 is 0 Å². The molecule has 0 spiro atoms. The molecule has 1 fully saturated rings. The fourth-order valence-electron chi connectivity index (χ4n) is 3.35. The number of alkyl halides is 3. The Kier molecular flexibility index (Phi) is 4.85. The van der Waals surface area contributed by atoms with Crippen LogP contribution in [-0.4, -0.2) is 12.3 Å². The second kappa shape index (κ2) is 6.15. The van der Waals surface area contributed by atoms with Gasteiger partial charge in [-0.25, -0.2) is 0 Å². The summed E-state index contributed by atoms with van der Waals surface area (Å²) < 4.78 is 40.7. The highest BCUT2D eigenvalue weighted by atomic mass is 35.5. The van der Waals surface area contributed by atoms with E-state index in [2.05, 4.69) is 4.74 Å². The normalized spacial score (nSPS) is 25.0. The summed E-state index contributed by atoms with van der Waals surface area (Å²) in [6.45, 7) is 3.44. The molecule has 0 heterocycles. The predicted octanol–water partition coefficient (Wildman–Crippen LogP) is 3.84. The minimum Gasteiger partial charge on any atom is -0.549 e. The number of aliphatic carboxylic acids is 1. The van der Waals surface area contributed by atoms with Gasteiger partial charge in [0.1, 0.15) is 10.2 Å². The Balaban J connectivity index is 2.33. The van der Waals surface area contributed by atoms with Crippen molar-refractivity contribution in [1.29, 1.82) is 0 Å². The number of ether oxygens (including phenoxy) is 1. The van der Waals surface area contributed by atoms with E-state index in [1.54, 1.807) is 13.8 Å². The molecule has 1 saturated carbocycles. The summed E-state index contributed by atoms with van der Waals surface area (Å²) in [4.78, 5) is 11.8. The first kappa shape index (κ1) is 18.9. The second-order valence-corrected chi connectivity index (χ2v) is 7.29. The molecule has 2 unspecified atom stereocenters. The van der Waals surface area contributed by atoms with Gasteiger partial charge in [0, 0.05) is 11.4 Å². The fraction of sp³-hybridized carbons (Fsp3) is 0.438. The molecule has 132 valence electrons. The average molecular weight is 382 g/mol. The Morgan fingerprint density at radius 3 is 2.50 bits per heavy atom. The van der Waals surface area contributed by atoms with Crippen molar-refractivity contribution in [2.24, 2.45) is 16.7 Å². The van der Waals surface area contributed by atoms with E-state index in [0.29, 0.717) is 5.56 Å². The molecular formula is C16H14Cl2F3O3-. The van der Waals surface area contributed by atoms with Gasteiger partial charge >= 0.3 is 6.36 Å². The molecule has 2 atom stereocenters. The number of hydrogen-bond acceptors (Lipinski definition) is 3. The lowest BCUT2D eigenvalue weighted by molar-refractivity contribution is -0.315. The van der Waals surface area contributed by atoms with Crippen LogP contribution in [0, 0.1) is 16.7 Å². The van der Waals surface area contributed by atoms with Crippen LogP contribution in [0.25, 0.3) is 0 Å². The highest BCUT2D eigenvalue weighted by Gasteiger charge is 2.70. The van der Waals surface area contributed by atoms with Crippen molar-refractivity contribution in [2.45, 2.75) is 26.6 Å². The lowest BCUT2D eigenvalue weighted by Gasteiger charge is -2.22. The van der Waals surface area contributed by atoms with Crippen molar-refractivity contribution in [3.8, 4) is 5.75 Å². The summed E-state index contributed by atoms with van der Waals surface area (Å²) in [5.74, 6) is -2.20. The van der Waals surface area contributed by atoms with Crippen molar-refractivity contribution < 1.29 is 27.8 Å². The van der Waals surface area contributed by atoms with Gasteiger partial charge in [-0.05, 0) is 41.5 Å². The van der Waals surface area contributed by atoms with Gasteiger partial charge in [0.05, 0.1) is 0 Å². The van der Waals surface area contributed by atoms with Crippen molar-refractivity contribution in [3.63, 3.8) is 0 Å². The maximum absolute atomic E-state index is 12.3. The topological polar surface area (TPSA) is 49.4 Å². The molecule has 2 rings (SSSR count). The van der Waals surface area contributed by atoms with Crippen molar-refractivity contribution >= 4 is 29.2 Å². The molecule has 0 aliphatic heterocycles. The van der Waals surface area contributed by atoms with Gasteiger partial charge in [0.2, 0.25) is 0 Å². The Morgan fingerprint density at radius 1 is 1.38 bits per heavy atom. The zero-order valence-corrected chi connectivity index (χ0v) is 14.3. The minimum absolute atomic E-state index is 0.0282. The average Bonchev–Trinajstić information content (AvgIpc) is 2.84. The molecule has 0 N–H and O–H groups in total. The quantitative estimate of drug-likeness (QED) is 0.778. The van der Waals surface area contributed by atoms with Crippen LogP contribution in [0.2, 0.25) is 0 Å². The number of hydrogen-bond donors (Lipinski definition) is 0. The van der Waals surface area contributed by atoms with Gasteiger partial charge in [0.15, 0.2) is 0 Å². The zero-order valence-electron chi connectivity index (χ0n) is 12.8. The third-order valence-corrected chi connectivity index (χ3v) is 4.90. The van der Waals surface area contributed by atoms with E-state index in [4.69, 9.17) is 23.2 Å². The van der Waals surface area contributed by atoms with Crippen molar-refractivity contribution in [1.82, 2.24) is 0 Å². The Hall–Kier alpha value is -1.40. The molecule has 0 radical (unpaired) electrons. The van der Waals surface area contributed by atoms with Crippen LogP contribution >= 0.6 is 23.2 Å². The van der Waals surface area contributed by atoms with Gasteiger partial charge in [-0.1, -0.05) is 49.2 Å². The number of halogens is 5. The van der Waals surface area contributed by atoms with Gasteiger partial charge < -0.3 is 14.6 Å². The van der Waals surface area contributed by atoms with Gasteiger partial charge in [0.25, 0.3) is 0 Å². The molecule has 1 aliphatic rings. The SMILES string of the molecule is CC1(C)C(C=C(Cl)Cl)C1(Cc1cccc(OC(F)(F)F)c1)C(=O)[O-]. The molecule has 8 heteroatoms. The van der Waals surface area contributed by atoms with Crippen molar-refractivity contribution in [3.05, 3.63) is 40.4 Å². The largest absolute Gasteiger partial charge is 0.573 e. The molecule has 0 amide bonds. The summed E-state index contributed by atoms with van der Waals surface area (Å²) in [5.41, 5.74) is -1.63. The van der Waals surface area contributed by atoms with Crippen LogP contribution in [0.3, 0.4) is 0 Å². The standard InChI is InChI=1S/C16H15Cl2F3O3/c1-14(2)11(7-12(17)18)15(14,13(22)23)8-9-4-3-5-10(6-9)24-16(19,20)21/h3-7,11H,8H2,1-2H3,(H,22,23)/p-1. The Bertz CT molecular complexity index is 681. The number of carboxylic acids is 1. The highest BCUT2D eigenvalue weighted by Crippen LogP contribution is 2.71. The highest BCUT2D eigenvalue weighted by molar-refractivity contribution is 6.55. The number of carboxylic acid groups (broad SMARTS) is 1. The van der Waals surface area contributed by atoms with Gasteiger partial charge in [-0.15, -0.1) is 13.2 Å². The third kappa shape index (κ3) is 3.49. The summed E-state index contributed by atoms with van der Waals surface area (Å²) >= 11 is 11.3. The molecule has 0 bridgehead atoms. The molecular weight excluding hydrogens is 368 g/mol. The molecule has 1 aromatic rings. The number of benzene rings is 1. The first-order valence-corrected chi connectivity index (χ1v) is 7.75. The van der Waals surface area contributed by atoms with Crippen molar-refractivity contribution in [2.75, 3.05) is 0 Å². The second-order valence-electron chi connectivity index (χ2n) is 6.29. The number of carbonyl (C=O) groups excluding carboxylic acids is 1. The first-order chi connectivity index (χ1) is 10.9. The maximum atomic E-state index is 12.3. The zero-order chi connectivity index (χ0) is 18.3. The molecule has 24 heavy (non-hydrogen) atoms. The summed E-state index contributed by atoms with van der Waals surface area (Å²) in [6, 6.07) is 5.21. The predicted molar refractivity (Wildman–Crippen MR) is 81.3 cm³/mol. The minimum atomic E-state index is -4.82. The Morgan fingerprint density at radius 2 is 2.00 bits per heavy atom. The summed E-state index contributed by atoms with van der Waals surface area (Å²) in [5, 5.41) is 11.8. The van der Waals surface area contributed by atoms with Crippen LogP contribution in [0.15, 0.2) is 34.8 Å². The number of rotatable bonds is 5. The third-order valence-electron chi connectivity index (χ3n) is 4.65. The molecule has 0 saturated heterocycles. The molecule has 1 aliphatic carbocycles. The lowest BCUT2D eigenvalue weighted by atomic mass is 9.88. The molecule has 3 nitrogen and oxygen atoms in total.